The smallest absolute Gasteiger partial charge is 0.108 e. The number of hydrogen-bond donors (Lipinski definition) is 3. The van der Waals surface area contributed by atoms with E-state index in [1.54, 1.807) is 0 Å². The quantitative estimate of drug-likeness (QED) is 0.392. The van der Waals surface area contributed by atoms with Gasteiger partial charge >= 0.3 is 0 Å². The molecule has 0 aromatic heterocycles. The average Bonchev–Trinajstić information content (AvgIpc) is 3.62. The van der Waals surface area contributed by atoms with Crippen molar-refractivity contribution in [3.8, 4) is 0 Å². The predicted octanol–water partition coefficient (Wildman–Crippen LogP) is 3.43. The number of hydrogen-bond acceptors (Lipinski definition) is 5. The molecule has 0 aliphatic carbocycles. The van der Waals surface area contributed by atoms with Gasteiger partial charge in [0.15, 0.2) is 0 Å². The Bertz CT molecular complexity index is 961. The lowest BCUT2D eigenvalue weighted by Crippen LogP contribution is -2.51. The molecule has 2 atom stereocenters. The first-order valence-corrected chi connectivity index (χ1v) is 13.7. The summed E-state index contributed by atoms with van der Waals surface area (Å²) in [6, 6.07) is 17.8. The minimum absolute atomic E-state index is 0. The average molecular weight is 533 g/mol. The van der Waals surface area contributed by atoms with Crippen LogP contribution < -0.4 is 21.3 Å². The molecule has 8 heteroatoms. The molecule has 3 fully saturated rings. The van der Waals surface area contributed by atoms with Crippen LogP contribution in [0, 0.1) is 0 Å². The van der Waals surface area contributed by atoms with Crippen LogP contribution in [-0.2, 0) is 0 Å². The first-order valence-electron chi connectivity index (χ1n) is 13.7. The molecule has 5 rings (SSSR count). The van der Waals surface area contributed by atoms with Gasteiger partial charge in [0.05, 0.1) is 53.9 Å². The van der Waals surface area contributed by atoms with Gasteiger partial charge in [-0.25, -0.2) is 0 Å². The molecule has 37 heavy (non-hydrogen) atoms. The van der Waals surface area contributed by atoms with Crippen LogP contribution in [0.4, 0.5) is 22.7 Å². The van der Waals surface area contributed by atoms with Gasteiger partial charge in [-0.05, 0) is 48.5 Å². The second-order valence-corrected chi connectivity index (χ2v) is 11.8. The van der Waals surface area contributed by atoms with Gasteiger partial charge in [0.2, 0.25) is 0 Å². The van der Waals surface area contributed by atoms with Crippen molar-refractivity contribution in [2.45, 2.75) is 37.8 Å². The molecule has 3 aliphatic rings. The molecule has 7 nitrogen and oxygen atoms in total. The highest BCUT2D eigenvalue weighted by Gasteiger charge is 2.40. The Morgan fingerprint density at radius 3 is 1.84 bits per heavy atom. The summed E-state index contributed by atoms with van der Waals surface area (Å²) >= 11 is 0. The SMILES string of the molecule is C[N+](C)(CCO)C1CCN(c2ccc(N)cc2)C1.C[N+]1(C2CCN(c3ccc(N)cc3)C2)CCCC1.Cl. The summed E-state index contributed by atoms with van der Waals surface area (Å²) in [5.74, 6) is 0. The maximum Gasteiger partial charge on any atom is 0.108 e. The molecule has 0 bridgehead atoms. The lowest BCUT2D eigenvalue weighted by Gasteiger charge is -2.35. The Morgan fingerprint density at radius 1 is 0.838 bits per heavy atom. The fourth-order valence-electron chi connectivity index (χ4n) is 6.27. The van der Waals surface area contributed by atoms with Gasteiger partial charge in [-0.1, -0.05) is 0 Å². The molecule has 3 saturated heterocycles. The number of likely N-dealkylation sites (N-methyl/N-ethyl adjacent to an activating group) is 2. The second kappa shape index (κ2) is 12.6. The maximum absolute atomic E-state index is 9.13. The van der Waals surface area contributed by atoms with Gasteiger partial charge in [-0.3, -0.25) is 0 Å². The zero-order valence-electron chi connectivity index (χ0n) is 23.1. The minimum atomic E-state index is 0. The highest BCUT2D eigenvalue weighted by molar-refractivity contribution is 5.85. The lowest BCUT2D eigenvalue weighted by molar-refractivity contribution is -0.919. The number of anilines is 4. The monoisotopic (exact) mass is 532 g/mol. The zero-order valence-corrected chi connectivity index (χ0v) is 23.9. The predicted molar refractivity (Wildman–Crippen MR) is 159 cm³/mol. The van der Waals surface area contributed by atoms with Crippen molar-refractivity contribution in [3.63, 3.8) is 0 Å². The summed E-state index contributed by atoms with van der Waals surface area (Å²) in [7, 11) is 6.85. The number of benzene rings is 2. The molecule has 206 valence electrons. The standard InChI is InChI=1S/C15H24N3.C14H24N3O.ClH/c1-18(10-2-3-11-18)15-8-9-17(12-15)14-6-4-13(16)5-7-14;1-17(2,9-10-18)14-7-8-16(11-14)13-5-3-12(15)4-6-13;/h4-7,15H,2-3,8-12,16H2,1H3;3-6,14,18H,7-11,15H2,1-2H3;1H/q2*+1;. The number of likely N-dealkylation sites (tertiary alicyclic amines) is 1. The number of nitrogen functional groups attached to an aromatic ring is 2. The van der Waals surface area contributed by atoms with Crippen molar-refractivity contribution in [3.05, 3.63) is 48.5 Å². The van der Waals surface area contributed by atoms with Crippen LogP contribution >= 0.6 is 12.4 Å². The molecule has 0 radical (unpaired) electrons. The molecule has 0 saturated carbocycles. The van der Waals surface area contributed by atoms with Crippen LogP contribution in [0.5, 0.6) is 0 Å². The largest absolute Gasteiger partial charge is 0.399 e. The van der Waals surface area contributed by atoms with E-state index >= 15 is 0 Å². The van der Waals surface area contributed by atoms with Gasteiger partial charge in [0.1, 0.15) is 18.6 Å². The first-order chi connectivity index (χ1) is 17.2. The Morgan fingerprint density at radius 2 is 1.32 bits per heavy atom. The second-order valence-electron chi connectivity index (χ2n) is 11.8. The van der Waals surface area contributed by atoms with Gasteiger partial charge in [-0.15, -0.1) is 12.4 Å². The fourth-order valence-corrected chi connectivity index (χ4v) is 6.27. The van der Waals surface area contributed by atoms with E-state index in [1.165, 1.54) is 67.7 Å². The van der Waals surface area contributed by atoms with Crippen molar-refractivity contribution in [2.75, 3.05) is 94.8 Å². The molecule has 3 heterocycles. The summed E-state index contributed by atoms with van der Waals surface area (Å²) in [5, 5.41) is 9.13. The first kappa shape index (κ1) is 29.4. The van der Waals surface area contributed by atoms with E-state index in [4.69, 9.17) is 16.6 Å². The van der Waals surface area contributed by atoms with Crippen LogP contribution in [-0.4, -0.2) is 99.7 Å². The molecule has 2 aromatic carbocycles. The van der Waals surface area contributed by atoms with Crippen molar-refractivity contribution in [2.24, 2.45) is 0 Å². The fraction of sp³-hybridized carbons (Fsp3) is 0.586. The third kappa shape index (κ3) is 7.23. The summed E-state index contributed by atoms with van der Waals surface area (Å²) in [6.45, 7) is 8.37. The Hall–Kier alpha value is -2.19. The van der Waals surface area contributed by atoms with Crippen LogP contribution in [0.25, 0.3) is 0 Å². The number of quaternary nitrogens is 2. The summed E-state index contributed by atoms with van der Waals surface area (Å²) in [6.07, 6.45) is 5.34. The summed E-state index contributed by atoms with van der Waals surface area (Å²) < 4.78 is 2.19. The molecule has 0 amide bonds. The van der Waals surface area contributed by atoms with Gasteiger partial charge in [0, 0.05) is 61.5 Å². The van der Waals surface area contributed by atoms with E-state index in [0.717, 1.165) is 41.5 Å². The normalized spacial score (nSPS) is 22.9. The van der Waals surface area contributed by atoms with E-state index in [2.05, 4.69) is 55.2 Å². The number of halogens is 1. The third-order valence-electron chi connectivity index (χ3n) is 8.98. The van der Waals surface area contributed by atoms with E-state index in [1.807, 2.05) is 24.3 Å². The van der Waals surface area contributed by atoms with Gasteiger partial charge < -0.3 is 35.3 Å². The van der Waals surface area contributed by atoms with Crippen molar-refractivity contribution >= 4 is 35.2 Å². The number of nitrogens with two attached hydrogens (primary N) is 2. The number of rotatable bonds is 6. The van der Waals surface area contributed by atoms with Crippen molar-refractivity contribution in [1.82, 2.24) is 0 Å². The number of nitrogens with zero attached hydrogens (tertiary/aromatic N) is 4. The van der Waals surface area contributed by atoms with E-state index in [9.17, 15) is 0 Å². The molecule has 3 aliphatic heterocycles. The van der Waals surface area contributed by atoms with Crippen LogP contribution in [0.15, 0.2) is 48.5 Å². The molecule has 2 unspecified atom stereocenters. The minimum Gasteiger partial charge on any atom is -0.399 e. The molecular formula is C29H49ClN6O+2. The van der Waals surface area contributed by atoms with Crippen LogP contribution in [0.1, 0.15) is 25.7 Å². The zero-order chi connectivity index (χ0) is 25.8. The third-order valence-corrected chi connectivity index (χ3v) is 8.98. The van der Waals surface area contributed by atoms with E-state index < -0.39 is 0 Å². The molecular weight excluding hydrogens is 484 g/mol. The number of aliphatic hydroxyl groups excluding tert-OH is 1. The highest BCUT2D eigenvalue weighted by atomic mass is 35.5. The summed E-state index contributed by atoms with van der Waals surface area (Å²) in [5.41, 5.74) is 15.7. The van der Waals surface area contributed by atoms with Gasteiger partial charge in [0.25, 0.3) is 0 Å². The summed E-state index contributed by atoms with van der Waals surface area (Å²) in [4.78, 5) is 4.92. The molecule has 5 N–H and O–H groups in total. The lowest BCUT2D eigenvalue weighted by atomic mass is 10.2. The Labute approximate surface area is 230 Å². The van der Waals surface area contributed by atoms with Gasteiger partial charge in [-0.2, -0.15) is 0 Å². The van der Waals surface area contributed by atoms with Crippen molar-refractivity contribution < 1.29 is 14.1 Å². The Balaban J connectivity index is 0.000000200. The van der Waals surface area contributed by atoms with Crippen molar-refractivity contribution in [1.29, 1.82) is 0 Å². The highest BCUT2D eigenvalue weighted by Crippen LogP contribution is 2.30. The topological polar surface area (TPSA) is 78.8 Å². The van der Waals surface area contributed by atoms with Crippen LogP contribution in [0.3, 0.4) is 0 Å². The Kier molecular flexibility index (Phi) is 9.98. The molecule has 0 spiro atoms. The number of aliphatic hydroxyl groups is 1. The maximum atomic E-state index is 9.13. The van der Waals surface area contributed by atoms with Crippen LogP contribution in [0.2, 0.25) is 0 Å². The van der Waals surface area contributed by atoms with E-state index in [-0.39, 0.29) is 19.0 Å². The van der Waals surface area contributed by atoms with E-state index in [0.29, 0.717) is 6.04 Å². The molecule has 2 aromatic rings.